The van der Waals surface area contributed by atoms with E-state index >= 15 is 0 Å². The van der Waals surface area contributed by atoms with Crippen molar-refractivity contribution in [1.29, 1.82) is 0 Å². The Morgan fingerprint density at radius 1 is 0.875 bits per heavy atom. The molecule has 0 radical (unpaired) electrons. The summed E-state index contributed by atoms with van der Waals surface area (Å²) in [6.07, 6.45) is 12.1. The fourth-order valence-corrected chi connectivity index (χ4v) is 4.23. The van der Waals surface area contributed by atoms with Crippen molar-refractivity contribution in [3.8, 4) is 11.1 Å². The van der Waals surface area contributed by atoms with Crippen LogP contribution in [-0.4, -0.2) is 21.1 Å². The van der Waals surface area contributed by atoms with Gasteiger partial charge in [0, 0.05) is 23.6 Å². The molecular weight excluding hydrogens is 392 g/mol. The minimum Gasteiger partial charge on any atom is -0.370 e. The van der Waals surface area contributed by atoms with Crippen LogP contribution in [0.25, 0.3) is 16.8 Å². The van der Waals surface area contributed by atoms with Crippen LogP contribution in [0.4, 0.5) is 5.82 Å². The number of anilines is 1. The Bertz CT molecular complexity index is 967. The molecule has 4 heteroatoms. The monoisotopic (exact) mass is 434 g/mol. The van der Waals surface area contributed by atoms with Crippen LogP contribution >= 0.6 is 0 Å². The Hall–Kier alpha value is -2.36. The predicted molar refractivity (Wildman–Crippen MR) is 138 cm³/mol. The largest absolute Gasteiger partial charge is 0.370 e. The third-order valence-corrected chi connectivity index (χ3v) is 6.18. The summed E-state index contributed by atoms with van der Waals surface area (Å²) in [7, 11) is 0. The fraction of sp³-hybridized carbons (Fsp3) is 0.571. The number of hydrogen-bond donors (Lipinski definition) is 1. The van der Waals surface area contributed by atoms with E-state index in [-0.39, 0.29) is 5.41 Å². The van der Waals surface area contributed by atoms with E-state index in [9.17, 15) is 0 Å². The molecule has 3 rings (SSSR count). The van der Waals surface area contributed by atoms with E-state index in [1.165, 1.54) is 63.4 Å². The van der Waals surface area contributed by atoms with Crippen molar-refractivity contribution in [3.63, 3.8) is 0 Å². The SMILES string of the molecule is CCCCCCCCCCCNc1cc(C(C)(C)C)nc2c(-c3ccccc3)c(C)nn12. The van der Waals surface area contributed by atoms with Gasteiger partial charge in [0.2, 0.25) is 0 Å². The lowest BCUT2D eigenvalue weighted by molar-refractivity contribution is 0.566. The maximum Gasteiger partial charge on any atom is 0.165 e. The van der Waals surface area contributed by atoms with E-state index in [4.69, 9.17) is 10.1 Å². The summed E-state index contributed by atoms with van der Waals surface area (Å²) in [6, 6.07) is 12.7. The average Bonchev–Trinajstić information content (AvgIpc) is 3.11. The summed E-state index contributed by atoms with van der Waals surface area (Å²) in [5.41, 5.74) is 5.32. The van der Waals surface area contributed by atoms with Crippen molar-refractivity contribution < 1.29 is 0 Å². The molecule has 0 atom stereocenters. The first kappa shape index (κ1) is 24.3. The van der Waals surface area contributed by atoms with Crippen LogP contribution in [0.1, 0.15) is 96.9 Å². The second-order valence-corrected chi connectivity index (χ2v) is 10.1. The molecule has 0 bridgehead atoms. The number of benzene rings is 1. The van der Waals surface area contributed by atoms with E-state index in [0.29, 0.717) is 0 Å². The number of hydrogen-bond acceptors (Lipinski definition) is 3. The van der Waals surface area contributed by atoms with E-state index in [0.717, 1.165) is 35.0 Å². The lowest BCUT2D eigenvalue weighted by Gasteiger charge is -2.20. The van der Waals surface area contributed by atoms with Crippen molar-refractivity contribution in [1.82, 2.24) is 14.6 Å². The van der Waals surface area contributed by atoms with Crippen LogP contribution in [0.15, 0.2) is 36.4 Å². The standard InChI is InChI=1S/C28H42N4/c1-6-7-8-9-10-11-12-13-17-20-29-25-21-24(28(3,4)5)30-27-26(22(2)31-32(25)27)23-18-15-14-16-19-23/h14-16,18-19,21,29H,6-13,17,20H2,1-5H3. The predicted octanol–water partition coefficient (Wildman–Crippen LogP) is 7.94. The van der Waals surface area contributed by atoms with Crippen LogP contribution < -0.4 is 5.32 Å². The normalized spacial score (nSPS) is 11.9. The van der Waals surface area contributed by atoms with E-state index in [2.05, 4.69) is 76.3 Å². The van der Waals surface area contributed by atoms with Crippen LogP contribution in [0.5, 0.6) is 0 Å². The third-order valence-electron chi connectivity index (χ3n) is 6.18. The molecule has 0 aliphatic carbocycles. The summed E-state index contributed by atoms with van der Waals surface area (Å²) in [4.78, 5) is 5.06. The van der Waals surface area contributed by atoms with Gasteiger partial charge in [-0.15, -0.1) is 0 Å². The van der Waals surface area contributed by atoms with Crippen molar-refractivity contribution >= 4 is 11.5 Å². The van der Waals surface area contributed by atoms with Gasteiger partial charge in [-0.2, -0.15) is 9.61 Å². The number of aromatic nitrogens is 3. The first-order valence-electron chi connectivity index (χ1n) is 12.6. The highest BCUT2D eigenvalue weighted by Crippen LogP contribution is 2.31. The Morgan fingerprint density at radius 3 is 2.12 bits per heavy atom. The third kappa shape index (κ3) is 6.34. The molecule has 32 heavy (non-hydrogen) atoms. The second kappa shape index (κ2) is 11.5. The number of nitrogens with zero attached hydrogens (tertiary/aromatic N) is 3. The first-order chi connectivity index (χ1) is 15.4. The topological polar surface area (TPSA) is 42.2 Å². The number of unbranched alkanes of at least 4 members (excludes halogenated alkanes) is 8. The zero-order chi connectivity index (χ0) is 23.0. The van der Waals surface area contributed by atoms with Crippen molar-refractivity contribution in [3.05, 3.63) is 47.8 Å². The van der Waals surface area contributed by atoms with Crippen LogP contribution in [0.3, 0.4) is 0 Å². The van der Waals surface area contributed by atoms with Gasteiger partial charge in [0.15, 0.2) is 5.65 Å². The first-order valence-corrected chi connectivity index (χ1v) is 12.6. The summed E-state index contributed by atoms with van der Waals surface area (Å²) < 4.78 is 2.00. The molecule has 3 aromatic rings. The molecule has 0 aliphatic rings. The number of nitrogens with one attached hydrogen (secondary N) is 1. The molecule has 174 valence electrons. The average molecular weight is 435 g/mol. The molecule has 4 nitrogen and oxygen atoms in total. The van der Waals surface area contributed by atoms with Crippen molar-refractivity contribution in [2.24, 2.45) is 0 Å². The summed E-state index contributed by atoms with van der Waals surface area (Å²) in [6.45, 7) is 12.0. The van der Waals surface area contributed by atoms with Crippen LogP contribution in [0.2, 0.25) is 0 Å². The zero-order valence-corrected chi connectivity index (χ0v) is 20.9. The molecule has 0 amide bonds. The zero-order valence-electron chi connectivity index (χ0n) is 20.9. The number of aryl methyl sites for hydroxylation is 1. The van der Waals surface area contributed by atoms with Crippen LogP contribution in [-0.2, 0) is 5.41 Å². The molecule has 0 aliphatic heterocycles. The van der Waals surface area contributed by atoms with E-state index in [1.807, 2.05) is 4.52 Å². The molecular formula is C28H42N4. The van der Waals surface area contributed by atoms with Gasteiger partial charge in [0.05, 0.1) is 11.4 Å². The highest BCUT2D eigenvalue weighted by atomic mass is 15.3. The molecule has 0 unspecified atom stereocenters. The molecule has 0 spiro atoms. The van der Waals surface area contributed by atoms with Gasteiger partial charge < -0.3 is 5.32 Å². The molecule has 1 N–H and O–H groups in total. The Kier molecular flexibility index (Phi) is 8.72. The maximum absolute atomic E-state index is 5.06. The highest BCUT2D eigenvalue weighted by molar-refractivity contribution is 5.81. The smallest absolute Gasteiger partial charge is 0.165 e. The minimum atomic E-state index is -0.0257. The molecule has 0 fully saturated rings. The quantitative estimate of drug-likeness (QED) is 0.294. The van der Waals surface area contributed by atoms with Crippen molar-refractivity contribution in [2.75, 3.05) is 11.9 Å². The molecule has 2 aromatic heterocycles. The Labute approximate surface area is 194 Å². The molecule has 2 heterocycles. The van der Waals surface area contributed by atoms with Gasteiger partial charge >= 0.3 is 0 Å². The number of rotatable bonds is 12. The van der Waals surface area contributed by atoms with E-state index < -0.39 is 0 Å². The Balaban J connectivity index is 1.70. The fourth-order valence-electron chi connectivity index (χ4n) is 4.23. The van der Waals surface area contributed by atoms with Crippen LogP contribution in [0, 0.1) is 6.92 Å². The van der Waals surface area contributed by atoms with Gasteiger partial charge in [-0.25, -0.2) is 4.98 Å². The minimum absolute atomic E-state index is 0.0257. The Morgan fingerprint density at radius 2 is 1.50 bits per heavy atom. The summed E-state index contributed by atoms with van der Waals surface area (Å²) in [5, 5.41) is 8.54. The van der Waals surface area contributed by atoms with Crippen molar-refractivity contribution in [2.45, 2.75) is 97.8 Å². The van der Waals surface area contributed by atoms with Gasteiger partial charge in [0.1, 0.15) is 5.82 Å². The lowest BCUT2D eigenvalue weighted by atomic mass is 9.92. The van der Waals surface area contributed by atoms with Gasteiger partial charge in [-0.3, -0.25) is 0 Å². The molecule has 0 saturated heterocycles. The highest BCUT2D eigenvalue weighted by Gasteiger charge is 2.22. The van der Waals surface area contributed by atoms with Gasteiger partial charge in [-0.1, -0.05) is 109 Å². The number of fused-ring (bicyclic) bond motifs is 1. The second-order valence-electron chi connectivity index (χ2n) is 10.1. The van der Waals surface area contributed by atoms with E-state index in [1.54, 1.807) is 0 Å². The van der Waals surface area contributed by atoms with Gasteiger partial charge in [-0.05, 0) is 18.9 Å². The lowest BCUT2D eigenvalue weighted by Crippen LogP contribution is -2.17. The molecule has 1 aromatic carbocycles. The maximum atomic E-state index is 5.06. The molecule has 0 saturated carbocycles. The summed E-state index contributed by atoms with van der Waals surface area (Å²) >= 11 is 0. The van der Waals surface area contributed by atoms with Gasteiger partial charge in [0.25, 0.3) is 0 Å². The summed E-state index contributed by atoms with van der Waals surface area (Å²) in [5.74, 6) is 1.05.